The number of rotatable bonds is 6. The average molecular weight is 323 g/mol. The van der Waals surface area contributed by atoms with Crippen molar-refractivity contribution in [2.75, 3.05) is 13.2 Å². The van der Waals surface area contributed by atoms with Crippen molar-refractivity contribution >= 4 is 27.5 Å². The molecule has 17 heavy (non-hydrogen) atoms. The topological polar surface area (TPSA) is 52.5 Å². The van der Waals surface area contributed by atoms with Gasteiger partial charge in [0, 0.05) is 11.0 Å². The summed E-state index contributed by atoms with van der Waals surface area (Å²) in [7, 11) is 0. The second kappa shape index (κ2) is 6.71. The van der Waals surface area contributed by atoms with E-state index in [-0.39, 0.29) is 13.2 Å². The van der Waals surface area contributed by atoms with Crippen LogP contribution in [0.1, 0.15) is 18.9 Å². The second-order valence-corrected chi connectivity index (χ2v) is 5.31. The van der Waals surface area contributed by atoms with E-state index in [4.69, 9.17) is 11.6 Å². The molecule has 0 spiro atoms. The zero-order chi connectivity index (χ0) is 12.9. The molecule has 0 bridgehead atoms. The smallest absolute Gasteiger partial charge is 0.0648 e. The second-order valence-electron chi connectivity index (χ2n) is 4.05. The van der Waals surface area contributed by atoms with Gasteiger partial charge in [0.25, 0.3) is 0 Å². The summed E-state index contributed by atoms with van der Waals surface area (Å²) < 4.78 is 0.841. The molecule has 0 saturated carbocycles. The van der Waals surface area contributed by atoms with Gasteiger partial charge in [-0.05, 0) is 40.0 Å². The normalized spacial score (nSPS) is 11.8. The standard InChI is InChI=1S/C12H17BrClNO2/c1-2-12(7-16,8-17)15-6-9-3-4-11(14)10(13)5-9/h3-5,15-17H,2,6-8H2,1H3. The summed E-state index contributed by atoms with van der Waals surface area (Å²) in [6.07, 6.45) is 0.661. The van der Waals surface area contributed by atoms with Crippen LogP contribution in [0.3, 0.4) is 0 Å². The highest BCUT2D eigenvalue weighted by atomic mass is 79.9. The zero-order valence-electron chi connectivity index (χ0n) is 9.71. The Morgan fingerprint density at radius 2 is 2.00 bits per heavy atom. The van der Waals surface area contributed by atoms with Crippen molar-refractivity contribution in [3.05, 3.63) is 33.3 Å². The third-order valence-electron chi connectivity index (χ3n) is 2.93. The quantitative estimate of drug-likeness (QED) is 0.753. The fraction of sp³-hybridized carbons (Fsp3) is 0.500. The van der Waals surface area contributed by atoms with E-state index in [0.717, 1.165) is 10.0 Å². The molecule has 96 valence electrons. The first-order valence-electron chi connectivity index (χ1n) is 5.47. The molecule has 0 unspecified atom stereocenters. The summed E-state index contributed by atoms with van der Waals surface area (Å²) in [5, 5.41) is 22.4. The number of nitrogens with one attached hydrogen (secondary N) is 1. The molecule has 0 heterocycles. The van der Waals surface area contributed by atoms with Gasteiger partial charge in [0.1, 0.15) is 0 Å². The number of hydrogen-bond acceptors (Lipinski definition) is 3. The van der Waals surface area contributed by atoms with Crippen LogP contribution >= 0.6 is 27.5 Å². The number of benzene rings is 1. The van der Waals surface area contributed by atoms with Gasteiger partial charge in [0.15, 0.2) is 0 Å². The average Bonchev–Trinajstić information content (AvgIpc) is 2.36. The molecule has 0 atom stereocenters. The Bertz CT molecular complexity index is 361. The van der Waals surface area contributed by atoms with Gasteiger partial charge in [-0.15, -0.1) is 0 Å². The molecule has 0 radical (unpaired) electrons. The molecule has 1 rings (SSSR count). The number of aliphatic hydroxyl groups is 2. The highest BCUT2D eigenvalue weighted by Crippen LogP contribution is 2.23. The molecule has 1 aromatic carbocycles. The Balaban J connectivity index is 2.68. The van der Waals surface area contributed by atoms with E-state index < -0.39 is 5.54 Å². The largest absolute Gasteiger partial charge is 0.394 e. The summed E-state index contributed by atoms with van der Waals surface area (Å²) in [4.78, 5) is 0. The Morgan fingerprint density at radius 3 is 2.47 bits per heavy atom. The molecule has 3 N–H and O–H groups in total. The van der Waals surface area contributed by atoms with Gasteiger partial charge in [-0.3, -0.25) is 0 Å². The molecule has 0 aromatic heterocycles. The molecule has 0 aliphatic heterocycles. The number of halogens is 2. The molecule has 5 heteroatoms. The van der Waals surface area contributed by atoms with Crippen molar-refractivity contribution < 1.29 is 10.2 Å². The minimum atomic E-state index is -0.619. The van der Waals surface area contributed by atoms with Crippen LogP contribution in [-0.2, 0) is 6.54 Å². The van der Waals surface area contributed by atoms with E-state index in [1.165, 1.54) is 0 Å². The Hall–Kier alpha value is -0.130. The summed E-state index contributed by atoms with van der Waals surface area (Å²) in [6, 6.07) is 5.65. The number of aliphatic hydroxyl groups excluding tert-OH is 2. The van der Waals surface area contributed by atoms with Crippen LogP contribution < -0.4 is 5.32 Å². The van der Waals surface area contributed by atoms with Crippen LogP contribution in [0.15, 0.2) is 22.7 Å². The maximum Gasteiger partial charge on any atom is 0.0648 e. The maximum absolute atomic E-state index is 9.30. The predicted molar refractivity (Wildman–Crippen MR) is 73.2 cm³/mol. The molecule has 0 saturated heterocycles. The van der Waals surface area contributed by atoms with Crippen molar-refractivity contribution in [1.29, 1.82) is 0 Å². The van der Waals surface area contributed by atoms with E-state index >= 15 is 0 Å². The summed E-state index contributed by atoms with van der Waals surface area (Å²) in [5.74, 6) is 0. The van der Waals surface area contributed by atoms with E-state index in [1.807, 2.05) is 25.1 Å². The minimum Gasteiger partial charge on any atom is -0.394 e. The molecule has 0 amide bonds. The van der Waals surface area contributed by atoms with Crippen LogP contribution in [0.5, 0.6) is 0 Å². The Labute approximate surface area is 115 Å². The van der Waals surface area contributed by atoms with Gasteiger partial charge in [-0.1, -0.05) is 24.6 Å². The van der Waals surface area contributed by atoms with Crippen LogP contribution in [0.4, 0.5) is 0 Å². The van der Waals surface area contributed by atoms with Crippen molar-refractivity contribution in [3.8, 4) is 0 Å². The molecule has 3 nitrogen and oxygen atoms in total. The molecule has 0 aliphatic rings. The van der Waals surface area contributed by atoms with Gasteiger partial charge < -0.3 is 15.5 Å². The molecular weight excluding hydrogens is 305 g/mol. The predicted octanol–water partition coefficient (Wildman–Crippen LogP) is 2.33. The fourth-order valence-corrected chi connectivity index (χ4v) is 1.99. The van der Waals surface area contributed by atoms with Gasteiger partial charge in [0.05, 0.1) is 23.8 Å². The third-order valence-corrected chi connectivity index (χ3v) is 4.15. The maximum atomic E-state index is 9.30. The first-order chi connectivity index (χ1) is 8.06. The fourth-order valence-electron chi connectivity index (χ4n) is 1.45. The van der Waals surface area contributed by atoms with Crippen molar-refractivity contribution in [2.45, 2.75) is 25.4 Å². The van der Waals surface area contributed by atoms with Crippen LogP contribution in [0.2, 0.25) is 5.02 Å². The lowest BCUT2D eigenvalue weighted by atomic mass is 9.98. The SMILES string of the molecule is CCC(CO)(CO)NCc1ccc(Cl)c(Br)c1. The molecule has 0 fully saturated rings. The Morgan fingerprint density at radius 1 is 1.35 bits per heavy atom. The van der Waals surface area contributed by atoms with E-state index in [1.54, 1.807) is 0 Å². The van der Waals surface area contributed by atoms with Crippen molar-refractivity contribution in [2.24, 2.45) is 0 Å². The van der Waals surface area contributed by atoms with Crippen LogP contribution in [0, 0.1) is 0 Å². The zero-order valence-corrected chi connectivity index (χ0v) is 12.1. The van der Waals surface area contributed by atoms with Gasteiger partial charge in [0.2, 0.25) is 0 Å². The number of hydrogen-bond donors (Lipinski definition) is 3. The van der Waals surface area contributed by atoms with Crippen LogP contribution in [-0.4, -0.2) is 29.0 Å². The lowest BCUT2D eigenvalue weighted by molar-refractivity contribution is 0.0864. The summed E-state index contributed by atoms with van der Waals surface area (Å²) in [6.45, 7) is 2.32. The van der Waals surface area contributed by atoms with Gasteiger partial charge in [-0.25, -0.2) is 0 Å². The highest BCUT2D eigenvalue weighted by molar-refractivity contribution is 9.10. The monoisotopic (exact) mass is 321 g/mol. The van der Waals surface area contributed by atoms with E-state index in [9.17, 15) is 10.2 Å². The molecule has 1 aromatic rings. The summed E-state index contributed by atoms with van der Waals surface area (Å²) in [5.41, 5.74) is 0.424. The van der Waals surface area contributed by atoms with Crippen molar-refractivity contribution in [3.63, 3.8) is 0 Å². The Kier molecular flexibility index (Phi) is 5.89. The van der Waals surface area contributed by atoms with Gasteiger partial charge >= 0.3 is 0 Å². The van der Waals surface area contributed by atoms with Crippen molar-refractivity contribution in [1.82, 2.24) is 5.32 Å². The lowest BCUT2D eigenvalue weighted by Crippen LogP contribution is -2.50. The summed E-state index contributed by atoms with van der Waals surface area (Å²) >= 11 is 9.26. The minimum absolute atomic E-state index is 0.0885. The van der Waals surface area contributed by atoms with Crippen LogP contribution in [0.25, 0.3) is 0 Å². The molecule has 0 aliphatic carbocycles. The third kappa shape index (κ3) is 3.93. The first-order valence-corrected chi connectivity index (χ1v) is 6.64. The highest BCUT2D eigenvalue weighted by Gasteiger charge is 2.25. The molecular formula is C12H17BrClNO2. The van der Waals surface area contributed by atoms with E-state index in [0.29, 0.717) is 18.0 Å². The first kappa shape index (κ1) is 14.9. The van der Waals surface area contributed by atoms with E-state index in [2.05, 4.69) is 21.2 Å². The lowest BCUT2D eigenvalue weighted by Gasteiger charge is -2.30. The van der Waals surface area contributed by atoms with Gasteiger partial charge in [-0.2, -0.15) is 0 Å².